The summed E-state index contributed by atoms with van der Waals surface area (Å²) in [6.45, 7) is 1.82. The van der Waals surface area contributed by atoms with E-state index in [9.17, 15) is 4.79 Å². The Morgan fingerprint density at radius 2 is 2.40 bits per heavy atom. The zero-order valence-electron chi connectivity index (χ0n) is 8.11. The first-order valence-corrected chi connectivity index (χ1v) is 4.66. The summed E-state index contributed by atoms with van der Waals surface area (Å²) in [5.74, 6) is 0.183. The summed E-state index contributed by atoms with van der Waals surface area (Å²) in [7, 11) is 0. The minimum atomic E-state index is -0.865. The molecule has 1 unspecified atom stereocenters. The van der Waals surface area contributed by atoms with Crippen molar-refractivity contribution >= 4 is 23.5 Å². The van der Waals surface area contributed by atoms with Crippen molar-refractivity contribution in [3.63, 3.8) is 0 Å². The van der Waals surface area contributed by atoms with Gasteiger partial charge in [-0.15, -0.1) is 0 Å². The summed E-state index contributed by atoms with van der Waals surface area (Å²) >= 11 is 5.54. The average molecular weight is 231 g/mol. The van der Waals surface area contributed by atoms with E-state index in [1.54, 1.807) is 0 Å². The molecule has 1 aromatic heterocycles. The number of anilines is 1. The van der Waals surface area contributed by atoms with Gasteiger partial charge >= 0.3 is 6.09 Å². The van der Waals surface area contributed by atoms with Crippen molar-refractivity contribution in [3.05, 3.63) is 17.0 Å². The third-order valence-corrected chi connectivity index (χ3v) is 1.98. The van der Waals surface area contributed by atoms with Crippen molar-refractivity contribution in [1.82, 2.24) is 9.97 Å². The molecule has 0 aromatic carbocycles. The fourth-order valence-electron chi connectivity index (χ4n) is 1.14. The molecule has 0 fully saturated rings. The largest absolute Gasteiger partial charge is 0.441 e. The Kier molecular flexibility index (Phi) is 3.68. The van der Waals surface area contributed by atoms with Crippen molar-refractivity contribution in [2.45, 2.75) is 19.4 Å². The van der Waals surface area contributed by atoms with E-state index in [4.69, 9.17) is 27.8 Å². The first-order chi connectivity index (χ1) is 7.04. The van der Waals surface area contributed by atoms with E-state index >= 15 is 0 Å². The van der Waals surface area contributed by atoms with Crippen LogP contribution in [0.5, 0.6) is 0 Å². The van der Waals surface area contributed by atoms with E-state index < -0.39 is 12.2 Å². The van der Waals surface area contributed by atoms with E-state index in [0.717, 1.165) is 0 Å². The third-order valence-electron chi connectivity index (χ3n) is 1.79. The molecule has 1 heterocycles. The topological polar surface area (TPSA) is 104 Å². The molecule has 0 saturated carbocycles. The number of primary amides is 1. The highest BCUT2D eigenvalue weighted by molar-refractivity contribution is 6.28. The smallest absolute Gasteiger partial charge is 0.405 e. The van der Waals surface area contributed by atoms with E-state index in [-0.39, 0.29) is 11.1 Å². The number of halogens is 1. The van der Waals surface area contributed by atoms with Crippen LogP contribution in [0.1, 0.15) is 25.0 Å². The van der Waals surface area contributed by atoms with Gasteiger partial charge in [-0.25, -0.2) is 14.8 Å². The molecular formula is C8H11ClN4O2. The average Bonchev–Trinajstić information content (AvgIpc) is 2.14. The van der Waals surface area contributed by atoms with Gasteiger partial charge < -0.3 is 16.2 Å². The lowest BCUT2D eigenvalue weighted by molar-refractivity contribution is 0.104. The number of carbonyl (C=O) groups is 1. The summed E-state index contributed by atoms with van der Waals surface area (Å²) in [6, 6.07) is 0. The number of rotatable bonds is 3. The number of nitrogen functional groups attached to an aromatic ring is 1. The first-order valence-electron chi connectivity index (χ1n) is 4.28. The molecule has 1 aromatic rings. The Morgan fingerprint density at radius 1 is 1.73 bits per heavy atom. The molecular weight excluding hydrogens is 220 g/mol. The summed E-state index contributed by atoms with van der Waals surface area (Å²) in [6.07, 6.45) is 0.538. The van der Waals surface area contributed by atoms with Crippen LogP contribution >= 0.6 is 11.6 Å². The minimum Gasteiger partial charge on any atom is -0.441 e. The van der Waals surface area contributed by atoms with E-state index in [2.05, 4.69) is 9.97 Å². The number of nitrogens with two attached hydrogens (primary N) is 2. The van der Waals surface area contributed by atoms with Crippen LogP contribution in [-0.4, -0.2) is 16.1 Å². The number of aromatic nitrogens is 2. The Balaban J connectivity index is 2.96. The molecule has 1 atom stereocenters. The van der Waals surface area contributed by atoms with Gasteiger partial charge in [0.1, 0.15) is 11.9 Å². The van der Waals surface area contributed by atoms with Crippen LogP contribution in [0.25, 0.3) is 0 Å². The van der Waals surface area contributed by atoms with E-state index in [1.165, 1.54) is 6.20 Å². The number of ether oxygens (including phenoxy) is 1. The van der Waals surface area contributed by atoms with Crippen LogP contribution in [-0.2, 0) is 4.74 Å². The normalized spacial score (nSPS) is 12.1. The summed E-state index contributed by atoms with van der Waals surface area (Å²) in [4.78, 5) is 18.1. The first kappa shape index (κ1) is 11.5. The van der Waals surface area contributed by atoms with Gasteiger partial charge in [0.05, 0.1) is 5.56 Å². The summed E-state index contributed by atoms with van der Waals surface area (Å²) in [5.41, 5.74) is 11.0. The summed E-state index contributed by atoms with van der Waals surface area (Å²) < 4.78 is 4.84. The van der Waals surface area contributed by atoms with Crippen molar-refractivity contribution in [3.8, 4) is 0 Å². The van der Waals surface area contributed by atoms with Crippen LogP contribution in [0.2, 0.25) is 5.28 Å². The monoisotopic (exact) mass is 230 g/mol. The van der Waals surface area contributed by atoms with Crippen LogP contribution in [0, 0.1) is 0 Å². The second-order valence-corrected chi connectivity index (χ2v) is 3.15. The van der Waals surface area contributed by atoms with Crippen molar-refractivity contribution in [2.24, 2.45) is 5.73 Å². The molecule has 0 spiro atoms. The van der Waals surface area contributed by atoms with Gasteiger partial charge in [-0.05, 0) is 18.0 Å². The molecule has 0 aliphatic rings. The molecule has 0 bridgehead atoms. The zero-order valence-corrected chi connectivity index (χ0v) is 8.86. The molecule has 0 saturated heterocycles. The van der Waals surface area contributed by atoms with Crippen LogP contribution < -0.4 is 11.5 Å². The quantitative estimate of drug-likeness (QED) is 0.761. The SMILES string of the molecule is CCC(OC(N)=O)c1cnc(Cl)nc1N. The fourth-order valence-corrected chi connectivity index (χ4v) is 1.28. The number of carbonyl (C=O) groups excluding carboxylic acids is 1. The van der Waals surface area contributed by atoms with Crippen LogP contribution in [0.4, 0.5) is 10.6 Å². The second kappa shape index (κ2) is 4.79. The Hall–Kier alpha value is -1.56. The third kappa shape index (κ3) is 2.95. The van der Waals surface area contributed by atoms with Gasteiger partial charge in [0.15, 0.2) is 0 Å². The highest BCUT2D eigenvalue weighted by Crippen LogP contribution is 2.24. The Bertz CT molecular complexity index is 372. The summed E-state index contributed by atoms with van der Waals surface area (Å²) in [5, 5.41) is 0.0465. The standard InChI is InChI=1S/C8H11ClN4O2/c1-2-5(15-8(11)14)4-3-12-7(9)13-6(4)10/h3,5H,2H2,1H3,(H2,11,14)(H2,10,12,13). The fraction of sp³-hybridized carbons (Fsp3) is 0.375. The molecule has 1 amide bonds. The Labute approximate surface area is 91.6 Å². The molecule has 4 N–H and O–H groups in total. The maximum absolute atomic E-state index is 10.6. The maximum Gasteiger partial charge on any atom is 0.405 e. The molecule has 6 nitrogen and oxygen atoms in total. The van der Waals surface area contributed by atoms with Gasteiger partial charge in [0, 0.05) is 6.20 Å². The molecule has 7 heteroatoms. The molecule has 0 aliphatic carbocycles. The highest BCUT2D eigenvalue weighted by atomic mass is 35.5. The van der Waals surface area contributed by atoms with Crippen LogP contribution in [0.3, 0.4) is 0 Å². The predicted molar refractivity (Wildman–Crippen MR) is 55.2 cm³/mol. The molecule has 82 valence electrons. The minimum absolute atomic E-state index is 0.0465. The maximum atomic E-state index is 10.6. The van der Waals surface area contributed by atoms with Crippen molar-refractivity contribution < 1.29 is 9.53 Å². The van der Waals surface area contributed by atoms with Crippen molar-refractivity contribution in [2.75, 3.05) is 5.73 Å². The van der Waals surface area contributed by atoms with Crippen molar-refractivity contribution in [1.29, 1.82) is 0 Å². The number of amides is 1. The number of hydrogen-bond acceptors (Lipinski definition) is 5. The molecule has 0 aliphatic heterocycles. The molecule has 1 rings (SSSR count). The predicted octanol–water partition coefficient (Wildman–Crippen LogP) is 1.26. The van der Waals surface area contributed by atoms with Gasteiger partial charge in [-0.3, -0.25) is 0 Å². The van der Waals surface area contributed by atoms with Gasteiger partial charge in [-0.1, -0.05) is 6.92 Å². The Morgan fingerprint density at radius 3 is 2.87 bits per heavy atom. The molecule has 15 heavy (non-hydrogen) atoms. The highest BCUT2D eigenvalue weighted by Gasteiger charge is 2.17. The number of hydrogen-bond donors (Lipinski definition) is 2. The van der Waals surface area contributed by atoms with Gasteiger partial charge in [0.2, 0.25) is 5.28 Å². The zero-order chi connectivity index (χ0) is 11.4. The van der Waals surface area contributed by atoms with E-state index in [0.29, 0.717) is 12.0 Å². The lowest BCUT2D eigenvalue weighted by Crippen LogP contribution is -2.18. The molecule has 0 radical (unpaired) electrons. The van der Waals surface area contributed by atoms with E-state index in [1.807, 2.05) is 6.92 Å². The van der Waals surface area contributed by atoms with Crippen LogP contribution in [0.15, 0.2) is 6.20 Å². The lowest BCUT2D eigenvalue weighted by Gasteiger charge is -2.15. The number of nitrogens with zero attached hydrogens (tertiary/aromatic N) is 2. The lowest BCUT2D eigenvalue weighted by atomic mass is 10.1. The van der Waals surface area contributed by atoms with Gasteiger partial charge in [-0.2, -0.15) is 0 Å². The van der Waals surface area contributed by atoms with Gasteiger partial charge in [0.25, 0.3) is 0 Å². The second-order valence-electron chi connectivity index (χ2n) is 2.81.